The Bertz CT molecular complexity index is 159. The van der Waals surface area contributed by atoms with E-state index in [0.717, 1.165) is 13.0 Å². The van der Waals surface area contributed by atoms with E-state index in [2.05, 4.69) is 12.3 Å². The fraction of sp³-hybridized carbons (Fsp3) is 0.667. The van der Waals surface area contributed by atoms with Crippen LogP contribution >= 0.6 is 12.4 Å². The molecule has 0 spiro atoms. The smallest absolute Gasteiger partial charge is 0.00713 e. The molecule has 1 nitrogen and oxygen atoms in total. The van der Waals surface area contributed by atoms with Crippen LogP contribution in [-0.2, 0) is 0 Å². The second kappa shape index (κ2) is 5.42. The van der Waals surface area contributed by atoms with Crippen LogP contribution in [-0.4, -0.2) is 6.54 Å². The van der Waals surface area contributed by atoms with Gasteiger partial charge >= 0.3 is 0 Å². The van der Waals surface area contributed by atoms with Gasteiger partial charge < -0.3 is 5.73 Å². The monoisotopic (exact) mass is 173 g/mol. The fourth-order valence-corrected chi connectivity index (χ4v) is 1.67. The van der Waals surface area contributed by atoms with E-state index in [-0.39, 0.29) is 12.4 Å². The number of nitrogens with two attached hydrogens (primary N) is 1. The molecule has 0 radical (unpaired) electrons. The predicted molar refractivity (Wildman–Crippen MR) is 50.9 cm³/mol. The Balaban J connectivity index is 0.000001000. The van der Waals surface area contributed by atoms with Gasteiger partial charge in [-0.2, -0.15) is 0 Å². The van der Waals surface area contributed by atoms with Crippen LogP contribution in [0.3, 0.4) is 0 Å². The molecule has 1 fully saturated rings. The second-order valence-electron chi connectivity index (χ2n) is 2.87. The molecule has 1 saturated carbocycles. The maximum absolute atomic E-state index is 5.46. The van der Waals surface area contributed by atoms with Gasteiger partial charge in [0, 0.05) is 0 Å². The van der Waals surface area contributed by atoms with Gasteiger partial charge in [0.15, 0.2) is 0 Å². The van der Waals surface area contributed by atoms with Gasteiger partial charge in [0.05, 0.1) is 0 Å². The molecular formula is C9H16ClN. The van der Waals surface area contributed by atoms with Gasteiger partial charge in [-0.3, -0.25) is 0 Å². The Kier molecular flexibility index (Phi) is 5.31. The Morgan fingerprint density at radius 3 is 2.91 bits per heavy atom. The van der Waals surface area contributed by atoms with Crippen LogP contribution in [0.1, 0.15) is 25.7 Å². The highest BCUT2D eigenvalue weighted by Crippen LogP contribution is 2.31. The highest BCUT2D eigenvalue weighted by atomic mass is 35.5. The lowest BCUT2D eigenvalue weighted by Gasteiger charge is -2.06. The zero-order valence-corrected chi connectivity index (χ0v) is 7.62. The molecule has 0 aromatic carbocycles. The molecule has 0 heterocycles. The van der Waals surface area contributed by atoms with Gasteiger partial charge in [-0.15, -0.1) is 18.1 Å². The lowest BCUT2D eigenvalue weighted by Crippen LogP contribution is -2.06. The Hall–Kier alpha value is -0.230. The second-order valence-corrected chi connectivity index (χ2v) is 2.87. The molecule has 2 heteroatoms. The third-order valence-electron chi connectivity index (χ3n) is 2.23. The summed E-state index contributed by atoms with van der Waals surface area (Å²) in [5.41, 5.74) is 9.88. The average molecular weight is 174 g/mol. The summed E-state index contributed by atoms with van der Waals surface area (Å²) in [6.07, 6.45) is 4.93. The number of rotatable bonds is 2. The molecule has 1 unspecified atom stereocenters. The third-order valence-corrected chi connectivity index (χ3v) is 2.23. The van der Waals surface area contributed by atoms with Crippen molar-refractivity contribution in [3.63, 3.8) is 0 Å². The van der Waals surface area contributed by atoms with E-state index in [4.69, 9.17) is 5.73 Å². The molecule has 0 aromatic heterocycles. The molecule has 64 valence electrons. The van der Waals surface area contributed by atoms with Crippen molar-refractivity contribution >= 4 is 12.4 Å². The van der Waals surface area contributed by atoms with E-state index in [1.54, 1.807) is 0 Å². The van der Waals surface area contributed by atoms with E-state index < -0.39 is 0 Å². The van der Waals surface area contributed by atoms with Crippen molar-refractivity contribution in [2.24, 2.45) is 11.7 Å². The van der Waals surface area contributed by atoms with Crippen molar-refractivity contribution in [3.8, 4) is 0 Å². The first kappa shape index (κ1) is 10.8. The summed E-state index contributed by atoms with van der Waals surface area (Å²) in [6.45, 7) is 4.47. The standard InChI is InChI=1S/C9H15N.ClH/c1-2-8-4-3-5-9(8)6-7-10;/h9H,1,3-7,10H2;1H. The van der Waals surface area contributed by atoms with Gasteiger partial charge in [0.25, 0.3) is 0 Å². The highest BCUT2D eigenvalue weighted by Gasteiger charge is 2.18. The lowest BCUT2D eigenvalue weighted by atomic mass is 10.0. The van der Waals surface area contributed by atoms with E-state index in [1.165, 1.54) is 24.8 Å². The predicted octanol–water partition coefficient (Wildman–Crippen LogP) is 2.27. The fourth-order valence-electron chi connectivity index (χ4n) is 1.67. The Morgan fingerprint density at radius 2 is 2.36 bits per heavy atom. The number of hydrogen-bond donors (Lipinski definition) is 1. The van der Waals surface area contributed by atoms with Crippen molar-refractivity contribution in [2.75, 3.05) is 6.54 Å². The molecule has 1 rings (SSSR count). The molecule has 0 saturated heterocycles. The first-order valence-corrected chi connectivity index (χ1v) is 3.97. The van der Waals surface area contributed by atoms with Crippen molar-refractivity contribution in [1.82, 2.24) is 0 Å². The molecule has 0 bridgehead atoms. The van der Waals surface area contributed by atoms with Crippen LogP contribution in [0.15, 0.2) is 17.9 Å². The highest BCUT2D eigenvalue weighted by molar-refractivity contribution is 5.85. The normalized spacial score (nSPS) is 22.6. The van der Waals surface area contributed by atoms with Gasteiger partial charge in [-0.25, -0.2) is 0 Å². The van der Waals surface area contributed by atoms with Gasteiger partial charge in [-0.05, 0) is 43.7 Å². The minimum atomic E-state index is 0. The minimum Gasteiger partial charge on any atom is -0.330 e. The summed E-state index contributed by atoms with van der Waals surface area (Å²) >= 11 is 0. The van der Waals surface area contributed by atoms with E-state index >= 15 is 0 Å². The molecule has 1 aliphatic carbocycles. The first-order valence-electron chi connectivity index (χ1n) is 3.97. The van der Waals surface area contributed by atoms with Crippen LogP contribution in [0.4, 0.5) is 0 Å². The van der Waals surface area contributed by atoms with Crippen LogP contribution in [0.25, 0.3) is 0 Å². The molecule has 1 atom stereocenters. The van der Waals surface area contributed by atoms with Crippen molar-refractivity contribution in [2.45, 2.75) is 25.7 Å². The van der Waals surface area contributed by atoms with Gasteiger partial charge in [0.2, 0.25) is 0 Å². The van der Waals surface area contributed by atoms with E-state index in [0.29, 0.717) is 5.92 Å². The topological polar surface area (TPSA) is 26.0 Å². The van der Waals surface area contributed by atoms with E-state index in [9.17, 15) is 0 Å². The minimum absolute atomic E-state index is 0. The summed E-state index contributed by atoms with van der Waals surface area (Å²) < 4.78 is 0. The molecular weight excluding hydrogens is 158 g/mol. The average Bonchev–Trinajstić information content (AvgIpc) is 2.36. The summed E-state index contributed by atoms with van der Waals surface area (Å²) in [7, 11) is 0. The third kappa shape index (κ3) is 2.70. The Morgan fingerprint density at radius 1 is 1.64 bits per heavy atom. The number of allylic oxidation sites excluding steroid dienone is 1. The zero-order chi connectivity index (χ0) is 7.40. The van der Waals surface area contributed by atoms with Crippen LogP contribution in [0, 0.1) is 5.92 Å². The molecule has 0 aliphatic heterocycles. The Labute approximate surface area is 74.8 Å². The summed E-state index contributed by atoms with van der Waals surface area (Å²) in [5.74, 6) is 0.711. The molecule has 0 amide bonds. The lowest BCUT2D eigenvalue weighted by molar-refractivity contribution is 0.581. The van der Waals surface area contributed by atoms with E-state index in [1.807, 2.05) is 0 Å². The molecule has 2 N–H and O–H groups in total. The number of hydrogen-bond acceptors (Lipinski definition) is 1. The van der Waals surface area contributed by atoms with Crippen LogP contribution in [0.5, 0.6) is 0 Å². The van der Waals surface area contributed by atoms with Crippen molar-refractivity contribution < 1.29 is 0 Å². The van der Waals surface area contributed by atoms with Gasteiger partial charge in [-0.1, -0.05) is 6.58 Å². The SMILES string of the molecule is C=C=C1CCCC1CCN.Cl. The van der Waals surface area contributed by atoms with Crippen LogP contribution in [0.2, 0.25) is 0 Å². The maximum atomic E-state index is 5.46. The zero-order valence-electron chi connectivity index (χ0n) is 6.81. The first-order chi connectivity index (χ1) is 4.88. The van der Waals surface area contributed by atoms with Crippen molar-refractivity contribution in [3.05, 3.63) is 17.9 Å². The summed E-state index contributed by atoms with van der Waals surface area (Å²) in [6, 6.07) is 0. The largest absolute Gasteiger partial charge is 0.330 e. The summed E-state index contributed by atoms with van der Waals surface area (Å²) in [4.78, 5) is 0. The van der Waals surface area contributed by atoms with Crippen LogP contribution < -0.4 is 5.73 Å². The molecule has 0 aromatic rings. The molecule has 11 heavy (non-hydrogen) atoms. The quantitative estimate of drug-likeness (QED) is 0.638. The van der Waals surface area contributed by atoms with Gasteiger partial charge in [0.1, 0.15) is 0 Å². The maximum Gasteiger partial charge on any atom is -0.00713 e. The molecule has 1 aliphatic rings. The van der Waals surface area contributed by atoms with Crippen molar-refractivity contribution in [1.29, 1.82) is 0 Å². The summed E-state index contributed by atoms with van der Waals surface area (Å²) in [5, 5.41) is 0. The number of halogens is 1.